The number of carbonyl (C=O) groups excluding carboxylic acids is 1. The van der Waals surface area contributed by atoms with E-state index in [9.17, 15) is 13.2 Å². The summed E-state index contributed by atoms with van der Waals surface area (Å²) in [7, 11) is -2.88. The molecule has 5 nitrogen and oxygen atoms in total. The highest BCUT2D eigenvalue weighted by molar-refractivity contribution is 7.91. The predicted octanol–water partition coefficient (Wildman–Crippen LogP) is 0.835. The molecule has 1 heterocycles. The van der Waals surface area contributed by atoms with Crippen molar-refractivity contribution in [2.45, 2.75) is 51.5 Å². The third kappa shape index (κ3) is 3.52. The quantitative estimate of drug-likeness (QED) is 0.808. The summed E-state index contributed by atoms with van der Waals surface area (Å²) in [5.41, 5.74) is 5.45. The van der Waals surface area contributed by atoms with E-state index < -0.39 is 15.3 Å². The minimum Gasteiger partial charge on any atom is -0.353 e. The zero-order valence-electron chi connectivity index (χ0n) is 12.2. The largest absolute Gasteiger partial charge is 0.353 e. The summed E-state index contributed by atoms with van der Waals surface area (Å²) in [5, 5.41) is 3.05. The van der Waals surface area contributed by atoms with Gasteiger partial charge in [0.25, 0.3) is 0 Å². The number of amides is 1. The molecule has 2 aliphatic rings. The number of hydrogen-bond acceptors (Lipinski definition) is 4. The number of carbonyl (C=O) groups is 1. The number of nitrogens with one attached hydrogen (secondary N) is 1. The van der Waals surface area contributed by atoms with E-state index in [0.29, 0.717) is 25.3 Å². The zero-order valence-corrected chi connectivity index (χ0v) is 13.0. The molecule has 0 atom stereocenters. The van der Waals surface area contributed by atoms with Crippen molar-refractivity contribution in [1.29, 1.82) is 0 Å². The number of rotatable bonds is 3. The first-order valence-corrected chi connectivity index (χ1v) is 9.40. The average molecular weight is 302 g/mol. The molecular formula is C14H26N2O3S. The third-order valence-corrected chi connectivity index (χ3v) is 6.71. The van der Waals surface area contributed by atoms with Gasteiger partial charge < -0.3 is 11.1 Å². The van der Waals surface area contributed by atoms with E-state index in [1.165, 1.54) is 0 Å². The predicted molar refractivity (Wildman–Crippen MR) is 78.9 cm³/mol. The van der Waals surface area contributed by atoms with Crippen LogP contribution in [0.1, 0.15) is 45.4 Å². The molecule has 3 N–H and O–H groups in total. The summed E-state index contributed by atoms with van der Waals surface area (Å²) in [5.74, 6) is 1.08. The molecule has 116 valence electrons. The summed E-state index contributed by atoms with van der Waals surface area (Å²) in [6, 6.07) is -0.00574. The van der Waals surface area contributed by atoms with Crippen molar-refractivity contribution in [2.24, 2.45) is 17.1 Å². The molecular weight excluding hydrogens is 276 g/mol. The molecule has 1 amide bonds. The number of nitrogens with two attached hydrogens (primary N) is 1. The van der Waals surface area contributed by atoms with Crippen LogP contribution in [0.15, 0.2) is 0 Å². The second kappa shape index (κ2) is 6.02. The highest BCUT2D eigenvalue weighted by Gasteiger charge is 2.40. The second-order valence-corrected chi connectivity index (χ2v) is 8.87. The Bertz CT molecular complexity index is 439. The van der Waals surface area contributed by atoms with Crippen molar-refractivity contribution < 1.29 is 13.2 Å². The van der Waals surface area contributed by atoms with Crippen LogP contribution >= 0.6 is 0 Å². The van der Waals surface area contributed by atoms with Gasteiger partial charge in [0.2, 0.25) is 5.91 Å². The molecule has 20 heavy (non-hydrogen) atoms. The van der Waals surface area contributed by atoms with Crippen LogP contribution in [0.3, 0.4) is 0 Å². The smallest absolute Gasteiger partial charge is 0.227 e. The first-order valence-electron chi connectivity index (χ1n) is 7.58. The van der Waals surface area contributed by atoms with Gasteiger partial charge in [-0.1, -0.05) is 6.92 Å². The molecule has 0 aromatic rings. The van der Waals surface area contributed by atoms with Crippen molar-refractivity contribution in [2.75, 3.05) is 18.1 Å². The molecule has 0 spiro atoms. The van der Waals surface area contributed by atoms with Gasteiger partial charge in [-0.25, -0.2) is 8.42 Å². The maximum absolute atomic E-state index is 12.5. The average Bonchev–Trinajstić information content (AvgIpc) is 2.42. The van der Waals surface area contributed by atoms with E-state index >= 15 is 0 Å². The van der Waals surface area contributed by atoms with Gasteiger partial charge in [0, 0.05) is 12.6 Å². The van der Waals surface area contributed by atoms with Gasteiger partial charge in [0.15, 0.2) is 0 Å². The van der Waals surface area contributed by atoms with Gasteiger partial charge in [-0.05, 0) is 44.4 Å². The van der Waals surface area contributed by atoms with E-state index in [4.69, 9.17) is 5.73 Å². The maximum Gasteiger partial charge on any atom is 0.227 e. The SMILES string of the molecule is CC1CCC(CN)(C(=O)NC2CCS(=O)(=O)CC2)CC1. The summed E-state index contributed by atoms with van der Waals surface area (Å²) in [4.78, 5) is 12.5. The van der Waals surface area contributed by atoms with Gasteiger partial charge in [-0.2, -0.15) is 0 Å². The fourth-order valence-electron chi connectivity index (χ4n) is 3.21. The standard InChI is InChI=1S/C14H26N2O3S/c1-11-2-6-14(10-15,7-3-11)13(17)16-12-4-8-20(18,19)9-5-12/h11-12H,2-10,15H2,1H3,(H,16,17). The molecule has 0 aromatic heterocycles. The monoisotopic (exact) mass is 302 g/mol. The molecule has 0 bridgehead atoms. The minimum absolute atomic E-state index is 0.00574. The Morgan fingerprint density at radius 2 is 1.75 bits per heavy atom. The fourth-order valence-corrected chi connectivity index (χ4v) is 4.70. The summed E-state index contributed by atoms with van der Waals surface area (Å²) < 4.78 is 22.8. The highest BCUT2D eigenvalue weighted by atomic mass is 32.2. The summed E-state index contributed by atoms with van der Waals surface area (Å²) >= 11 is 0. The molecule has 2 fully saturated rings. The molecule has 2 rings (SSSR count). The number of sulfone groups is 1. The lowest BCUT2D eigenvalue weighted by atomic mass is 9.70. The summed E-state index contributed by atoms with van der Waals surface area (Å²) in [6.07, 6.45) is 4.85. The first-order chi connectivity index (χ1) is 9.37. The summed E-state index contributed by atoms with van der Waals surface area (Å²) in [6.45, 7) is 2.60. The Hall–Kier alpha value is -0.620. The van der Waals surface area contributed by atoms with Gasteiger partial charge in [-0.3, -0.25) is 4.79 Å². The van der Waals surface area contributed by atoms with Crippen molar-refractivity contribution in [1.82, 2.24) is 5.32 Å². The lowest BCUT2D eigenvalue weighted by molar-refractivity contribution is -0.133. The van der Waals surface area contributed by atoms with Gasteiger partial charge in [0.05, 0.1) is 16.9 Å². The molecule has 6 heteroatoms. The van der Waals surface area contributed by atoms with E-state index in [0.717, 1.165) is 25.7 Å². The Morgan fingerprint density at radius 3 is 2.25 bits per heavy atom. The molecule has 0 radical (unpaired) electrons. The Morgan fingerprint density at radius 1 is 1.20 bits per heavy atom. The van der Waals surface area contributed by atoms with Crippen LogP contribution in [0.25, 0.3) is 0 Å². The molecule has 1 aliphatic heterocycles. The fraction of sp³-hybridized carbons (Fsp3) is 0.929. The van der Waals surface area contributed by atoms with E-state index in [1.54, 1.807) is 0 Å². The molecule has 0 unspecified atom stereocenters. The lowest BCUT2D eigenvalue weighted by Gasteiger charge is -2.38. The molecule has 1 aliphatic carbocycles. The molecule has 1 saturated carbocycles. The van der Waals surface area contributed by atoms with E-state index in [2.05, 4.69) is 12.2 Å². The normalized spacial score (nSPS) is 34.6. The first kappa shape index (κ1) is 15.8. The minimum atomic E-state index is -2.88. The second-order valence-electron chi connectivity index (χ2n) is 6.57. The number of hydrogen-bond donors (Lipinski definition) is 2. The molecule has 1 saturated heterocycles. The van der Waals surface area contributed by atoms with Crippen molar-refractivity contribution in [3.63, 3.8) is 0 Å². The van der Waals surface area contributed by atoms with Crippen LogP contribution < -0.4 is 11.1 Å². The lowest BCUT2D eigenvalue weighted by Crippen LogP contribution is -2.52. The van der Waals surface area contributed by atoms with Crippen LogP contribution in [0.5, 0.6) is 0 Å². The topological polar surface area (TPSA) is 89.3 Å². The van der Waals surface area contributed by atoms with Crippen molar-refractivity contribution in [3.8, 4) is 0 Å². The Balaban J connectivity index is 1.93. The maximum atomic E-state index is 12.5. The Kier molecular flexibility index (Phi) is 4.74. The van der Waals surface area contributed by atoms with E-state index in [1.807, 2.05) is 0 Å². The van der Waals surface area contributed by atoms with Crippen LogP contribution in [0.4, 0.5) is 0 Å². The third-order valence-electron chi connectivity index (χ3n) is 4.99. The van der Waals surface area contributed by atoms with E-state index in [-0.39, 0.29) is 23.5 Å². The van der Waals surface area contributed by atoms with Crippen LogP contribution in [-0.2, 0) is 14.6 Å². The van der Waals surface area contributed by atoms with Crippen LogP contribution in [0.2, 0.25) is 0 Å². The van der Waals surface area contributed by atoms with Gasteiger partial charge >= 0.3 is 0 Å². The Labute approximate surface area is 121 Å². The molecule has 0 aromatic carbocycles. The van der Waals surface area contributed by atoms with Gasteiger partial charge in [-0.15, -0.1) is 0 Å². The zero-order chi connectivity index (χ0) is 14.8. The van der Waals surface area contributed by atoms with Crippen LogP contribution in [0, 0.1) is 11.3 Å². The van der Waals surface area contributed by atoms with Crippen molar-refractivity contribution >= 4 is 15.7 Å². The highest BCUT2D eigenvalue weighted by Crippen LogP contribution is 2.38. The van der Waals surface area contributed by atoms with Gasteiger partial charge in [0.1, 0.15) is 9.84 Å². The van der Waals surface area contributed by atoms with Crippen LogP contribution in [-0.4, -0.2) is 38.4 Å². The van der Waals surface area contributed by atoms with Crippen molar-refractivity contribution in [3.05, 3.63) is 0 Å².